The number of hydrogen-bond acceptors (Lipinski definition) is 6. The molecule has 0 spiro atoms. The molecule has 1 aliphatic heterocycles. The van der Waals surface area contributed by atoms with Gasteiger partial charge in [-0.15, -0.1) is 0 Å². The largest absolute Gasteiger partial charge is 0.486 e. The maximum absolute atomic E-state index is 14.0. The van der Waals surface area contributed by atoms with Crippen LogP contribution in [-0.2, 0) is 26.2 Å². The Morgan fingerprint density at radius 2 is 1.64 bits per heavy atom. The molecule has 0 aromatic heterocycles. The Balaban J connectivity index is 2.04. The summed E-state index contributed by atoms with van der Waals surface area (Å²) in [5, 5.41) is 3.58. The van der Waals surface area contributed by atoms with Crippen molar-refractivity contribution in [3.8, 4) is 11.5 Å². The Labute approximate surface area is 240 Å². The topological polar surface area (TPSA) is 105 Å². The fraction of sp³-hybridized carbons (Fsp3) is 0.481. The third kappa shape index (κ3) is 7.70. The second-order valence-electron chi connectivity index (χ2n) is 10.1. The van der Waals surface area contributed by atoms with E-state index < -0.39 is 34.1 Å². The van der Waals surface area contributed by atoms with Crippen molar-refractivity contribution in [1.82, 2.24) is 10.2 Å². The molecule has 2 amide bonds. The van der Waals surface area contributed by atoms with E-state index in [4.69, 9.17) is 32.7 Å². The first kappa shape index (κ1) is 30.8. The van der Waals surface area contributed by atoms with Crippen LogP contribution >= 0.6 is 23.2 Å². The Morgan fingerprint density at radius 3 is 2.21 bits per heavy atom. The van der Waals surface area contributed by atoms with Crippen molar-refractivity contribution in [2.24, 2.45) is 0 Å². The highest BCUT2D eigenvalue weighted by Crippen LogP contribution is 2.35. The number of rotatable bonds is 10. The van der Waals surface area contributed by atoms with E-state index in [0.717, 1.165) is 4.31 Å². The molecule has 214 valence electrons. The lowest BCUT2D eigenvalue weighted by Gasteiger charge is -2.35. The Kier molecular flexibility index (Phi) is 10.0. The lowest BCUT2D eigenvalue weighted by molar-refractivity contribution is -0.141. The van der Waals surface area contributed by atoms with Crippen molar-refractivity contribution in [3.63, 3.8) is 0 Å². The zero-order chi connectivity index (χ0) is 29.0. The van der Waals surface area contributed by atoms with Gasteiger partial charge in [0.25, 0.3) is 0 Å². The van der Waals surface area contributed by atoms with E-state index in [2.05, 4.69) is 5.32 Å². The molecule has 1 aliphatic rings. The van der Waals surface area contributed by atoms with Crippen molar-refractivity contribution >= 4 is 50.7 Å². The summed E-state index contributed by atoms with van der Waals surface area (Å²) < 4.78 is 38.6. The zero-order valence-corrected chi connectivity index (χ0v) is 25.1. The predicted molar refractivity (Wildman–Crippen MR) is 153 cm³/mol. The van der Waals surface area contributed by atoms with Crippen LogP contribution < -0.4 is 19.1 Å². The molecule has 1 N–H and O–H groups in total. The van der Waals surface area contributed by atoms with Gasteiger partial charge in [0.05, 0.1) is 11.4 Å². The first-order valence-electron chi connectivity index (χ1n) is 12.7. The second-order valence-corrected chi connectivity index (χ2v) is 13.1. The SMILES string of the molecule is CC[C@@H](C(=O)NC(C)(C)C)N(Cc1c(Cl)cccc1Cl)C(=O)CN(c1ccc2c(c1)OCCO2)S(=O)(=O)CC. The number of fused-ring (bicyclic) bond motifs is 1. The summed E-state index contributed by atoms with van der Waals surface area (Å²) in [6.07, 6.45) is 0.278. The van der Waals surface area contributed by atoms with Crippen LogP contribution in [0.15, 0.2) is 36.4 Å². The number of halogens is 2. The van der Waals surface area contributed by atoms with E-state index in [0.29, 0.717) is 40.3 Å². The van der Waals surface area contributed by atoms with Gasteiger partial charge in [-0.1, -0.05) is 36.2 Å². The number of hydrogen-bond donors (Lipinski definition) is 1. The number of ether oxygens (including phenoxy) is 2. The number of nitrogens with one attached hydrogen (secondary N) is 1. The molecule has 12 heteroatoms. The zero-order valence-electron chi connectivity index (χ0n) is 22.8. The molecule has 2 aromatic rings. The lowest BCUT2D eigenvalue weighted by Crippen LogP contribution is -2.55. The summed E-state index contributed by atoms with van der Waals surface area (Å²) in [7, 11) is -3.90. The van der Waals surface area contributed by atoms with Crippen molar-refractivity contribution < 1.29 is 27.5 Å². The summed E-state index contributed by atoms with van der Waals surface area (Å²) in [4.78, 5) is 28.6. The van der Waals surface area contributed by atoms with Gasteiger partial charge in [0, 0.05) is 33.8 Å². The van der Waals surface area contributed by atoms with Crippen LogP contribution in [0.2, 0.25) is 10.0 Å². The number of amides is 2. The highest BCUT2D eigenvalue weighted by Gasteiger charge is 2.34. The van der Waals surface area contributed by atoms with E-state index in [1.54, 1.807) is 37.3 Å². The minimum Gasteiger partial charge on any atom is -0.486 e. The van der Waals surface area contributed by atoms with Gasteiger partial charge in [-0.2, -0.15) is 0 Å². The molecule has 0 aliphatic carbocycles. The van der Waals surface area contributed by atoms with E-state index in [1.807, 2.05) is 20.8 Å². The molecule has 3 rings (SSSR count). The average Bonchev–Trinajstić information content (AvgIpc) is 2.87. The van der Waals surface area contributed by atoms with Gasteiger partial charge in [-0.25, -0.2) is 8.42 Å². The molecule has 0 saturated heterocycles. The summed E-state index contributed by atoms with van der Waals surface area (Å²) >= 11 is 12.8. The monoisotopic (exact) mass is 599 g/mol. The molecule has 9 nitrogen and oxygen atoms in total. The number of carbonyl (C=O) groups excluding carboxylic acids is 2. The van der Waals surface area contributed by atoms with Crippen LogP contribution in [0.1, 0.15) is 46.6 Å². The standard InChI is InChI=1S/C27H35Cl2N3O6S/c1-6-22(26(34)30-27(3,4)5)31(16-19-20(28)9-8-10-21(19)29)25(33)17-32(39(35,36)7-2)18-11-12-23-24(15-18)38-14-13-37-23/h8-12,15,22H,6-7,13-14,16-17H2,1-5H3,(H,30,34)/t22-/m0/s1. The van der Waals surface area contributed by atoms with E-state index in [1.165, 1.54) is 17.9 Å². The molecule has 2 aromatic carbocycles. The molecule has 1 heterocycles. The van der Waals surface area contributed by atoms with Gasteiger partial charge in [-0.3, -0.25) is 13.9 Å². The highest BCUT2D eigenvalue weighted by molar-refractivity contribution is 7.92. The second kappa shape index (κ2) is 12.7. The minimum atomic E-state index is -3.90. The van der Waals surface area contributed by atoms with Crippen molar-refractivity contribution in [2.75, 3.05) is 29.8 Å². The summed E-state index contributed by atoms with van der Waals surface area (Å²) in [6, 6.07) is 8.77. The van der Waals surface area contributed by atoms with Crippen molar-refractivity contribution in [1.29, 1.82) is 0 Å². The van der Waals surface area contributed by atoms with Crippen molar-refractivity contribution in [2.45, 2.75) is 59.2 Å². The van der Waals surface area contributed by atoms with Crippen LogP contribution in [0.25, 0.3) is 0 Å². The molecule has 0 bridgehead atoms. The van der Waals surface area contributed by atoms with Crippen LogP contribution in [0.3, 0.4) is 0 Å². The van der Waals surface area contributed by atoms with Gasteiger partial charge < -0.3 is 19.7 Å². The highest BCUT2D eigenvalue weighted by atomic mass is 35.5. The molecular formula is C27H35Cl2N3O6S. The first-order valence-corrected chi connectivity index (χ1v) is 15.1. The summed E-state index contributed by atoms with van der Waals surface area (Å²) in [5.74, 6) is -0.324. The molecular weight excluding hydrogens is 565 g/mol. The van der Waals surface area contributed by atoms with Crippen molar-refractivity contribution in [3.05, 3.63) is 52.0 Å². The molecule has 0 fully saturated rings. The van der Waals surface area contributed by atoms with Gasteiger partial charge >= 0.3 is 0 Å². The third-order valence-electron chi connectivity index (χ3n) is 6.07. The quantitative estimate of drug-likeness (QED) is 0.426. The van der Waals surface area contributed by atoms with Crippen LogP contribution in [-0.4, -0.2) is 62.2 Å². The third-order valence-corrected chi connectivity index (χ3v) is 8.52. The van der Waals surface area contributed by atoms with E-state index in [9.17, 15) is 18.0 Å². The molecule has 0 unspecified atom stereocenters. The lowest BCUT2D eigenvalue weighted by atomic mass is 10.1. The van der Waals surface area contributed by atoms with Gasteiger partial charge in [0.2, 0.25) is 21.8 Å². The Bertz CT molecular complexity index is 1290. The smallest absolute Gasteiger partial charge is 0.244 e. The van der Waals surface area contributed by atoms with Gasteiger partial charge in [0.15, 0.2) is 11.5 Å². The molecule has 0 radical (unpaired) electrons. The average molecular weight is 601 g/mol. The maximum Gasteiger partial charge on any atom is 0.244 e. The first-order chi connectivity index (χ1) is 18.3. The predicted octanol–water partition coefficient (Wildman–Crippen LogP) is 4.64. The molecule has 1 atom stereocenters. The van der Waals surface area contributed by atoms with Gasteiger partial charge in [0.1, 0.15) is 25.8 Å². The van der Waals surface area contributed by atoms with Crippen LogP contribution in [0.4, 0.5) is 5.69 Å². The van der Waals surface area contributed by atoms with Crippen LogP contribution in [0, 0.1) is 0 Å². The minimum absolute atomic E-state index is 0.0887. The number of sulfonamides is 1. The molecule has 0 saturated carbocycles. The maximum atomic E-state index is 14.0. The number of carbonyl (C=O) groups is 2. The Hall–Kier alpha value is -2.69. The van der Waals surface area contributed by atoms with Crippen LogP contribution in [0.5, 0.6) is 11.5 Å². The van der Waals surface area contributed by atoms with Gasteiger partial charge in [-0.05, 0) is 58.4 Å². The summed E-state index contributed by atoms with van der Waals surface area (Å²) in [5.41, 5.74) is 0.155. The number of nitrogens with zero attached hydrogens (tertiary/aromatic N) is 2. The van der Waals surface area contributed by atoms with E-state index in [-0.39, 0.29) is 30.3 Å². The Morgan fingerprint density at radius 1 is 1.03 bits per heavy atom. The van der Waals surface area contributed by atoms with E-state index >= 15 is 0 Å². The fourth-order valence-corrected chi connectivity index (χ4v) is 5.70. The number of anilines is 1. The molecule has 39 heavy (non-hydrogen) atoms. The number of benzene rings is 2. The summed E-state index contributed by atoms with van der Waals surface area (Å²) in [6.45, 7) is 8.87. The normalized spacial score (nSPS) is 13.9. The fourth-order valence-electron chi connectivity index (χ4n) is 4.13.